The van der Waals surface area contributed by atoms with Crippen LogP contribution in [-0.4, -0.2) is 21.1 Å². The van der Waals surface area contributed by atoms with Crippen molar-refractivity contribution in [3.63, 3.8) is 0 Å². The fourth-order valence-electron chi connectivity index (χ4n) is 8.14. The van der Waals surface area contributed by atoms with Crippen molar-refractivity contribution in [2.45, 2.75) is 12.0 Å². The number of aromatic nitrogens is 3. The molecule has 2 aliphatic rings. The number of nitrogens with zero attached hydrogens (tertiary/aromatic N) is 3. The lowest BCUT2D eigenvalue weighted by atomic mass is 9.84. The van der Waals surface area contributed by atoms with E-state index in [-0.39, 0.29) is 12.0 Å². The Hall–Kier alpha value is -7.11. The Labute approximate surface area is 311 Å². The highest BCUT2D eigenvalue weighted by atomic mass is 16.5. The quantitative estimate of drug-likeness (QED) is 0.180. The summed E-state index contributed by atoms with van der Waals surface area (Å²) in [6, 6.07) is 52.3. The lowest BCUT2D eigenvalue weighted by Gasteiger charge is -2.17. The zero-order chi connectivity index (χ0) is 35.6. The second kappa shape index (κ2) is 12.2. The van der Waals surface area contributed by atoms with Gasteiger partial charge < -0.3 is 9.15 Å². The molecule has 1 aliphatic heterocycles. The molecular weight excluding hydrogens is 663 g/mol. The highest BCUT2D eigenvalue weighted by molar-refractivity contribution is 6.13. The smallest absolute Gasteiger partial charge is 0.164 e. The molecule has 5 heteroatoms. The number of rotatable bonds is 5. The molecule has 0 fully saturated rings. The number of hydrogen-bond acceptors (Lipinski definition) is 5. The summed E-state index contributed by atoms with van der Waals surface area (Å²) in [5.74, 6) is 2.91. The predicted octanol–water partition coefficient (Wildman–Crippen LogP) is 12.2. The summed E-state index contributed by atoms with van der Waals surface area (Å²) in [6.07, 6.45) is 8.59. The van der Waals surface area contributed by atoms with Gasteiger partial charge in [-0.2, -0.15) is 0 Å². The van der Waals surface area contributed by atoms with E-state index in [4.69, 9.17) is 24.1 Å². The predicted molar refractivity (Wildman–Crippen MR) is 217 cm³/mol. The number of benzene rings is 7. The summed E-state index contributed by atoms with van der Waals surface area (Å²) in [7, 11) is 0. The van der Waals surface area contributed by atoms with Crippen LogP contribution in [0.25, 0.3) is 89.1 Å². The molecule has 54 heavy (non-hydrogen) atoms. The van der Waals surface area contributed by atoms with E-state index >= 15 is 0 Å². The van der Waals surface area contributed by atoms with Crippen molar-refractivity contribution in [2.75, 3.05) is 0 Å². The lowest BCUT2D eigenvalue weighted by Crippen LogP contribution is -2.15. The summed E-state index contributed by atoms with van der Waals surface area (Å²) in [4.78, 5) is 15.2. The second-order valence-electron chi connectivity index (χ2n) is 13.9. The van der Waals surface area contributed by atoms with Crippen LogP contribution in [0.5, 0.6) is 5.75 Å². The van der Waals surface area contributed by atoms with Gasteiger partial charge in [-0.15, -0.1) is 0 Å². The molecule has 2 aromatic heterocycles. The summed E-state index contributed by atoms with van der Waals surface area (Å²) < 4.78 is 13.2. The van der Waals surface area contributed by atoms with Gasteiger partial charge in [-0.1, -0.05) is 146 Å². The van der Waals surface area contributed by atoms with Crippen LogP contribution in [-0.2, 0) is 0 Å². The number of ether oxygens (including phenoxy) is 1. The van der Waals surface area contributed by atoms with Gasteiger partial charge in [0.2, 0.25) is 0 Å². The third kappa shape index (κ3) is 4.97. The van der Waals surface area contributed by atoms with E-state index in [9.17, 15) is 0 Å². The molecule has 0 bridgehead atoms. The molecule has 254 valence electrons. The minimum Gasteiger partial charge on any atom is -0.485 e. The highest BCUT2D eigenvalue weighted by Crippen LogP contribution is 2.50. The van der Waals surface area contributed by atoms with Gasteiger partial charge in [0, 0.05) is 38.9 Å². The average Bonchev–Trinajstić information content (AvgIpc) is 3.81. The molecule has 11 rings (SSSR count). The van der Waals surface area contributed by atoms with Gasteiger partial charge in [0.15, 0.2) is 17.5 Å². The van der Waals surface area contributed by atoms with Crippen molar-refractivity contribution in [3.8, 4) is 62.2 Å². The average molecular weight is 694 g/mol. The Morgan fingerprint density at radius 2 is 1.11 bits per heavy atom. The molecule has 2 unspecified atom stereocenters. The summed E-state index contributed by atoms with van der Waals surface area (Å²) in [6.45, 7) is 0. The van der Waals surface area contributed by atoms with Gasteiger partial charge in [-0.3, -0.25) is 0 Å². The molecule has 0 amide bonds. The van der Waals surface area contributed by atoms with E-state index < -0.39 is 0 Å². The topological polar surface area (TPSA) is 61.0 Å². The molecule has 7 aromatic carbocycles. The normalized spacial score (nSPS) is 15.8. The van der Waals surface area contributed by atoms with E-state index in [0.717, 1.165) is 66.5 Å². The molecule has 9 aromatic rings. The maximum atomic E-state index is 6.67. The van der Waals surface area contributed by atoms with Crippen LogP contribution in [0.4, 0.5) is 0 Å². The second-order valence-corrected chi connectivity index (χ2v) is 13.9. The number of hydrogen-bond donors (Lipinski definition) is 0. The van der Waals surface area contributed by atoms with E-state index in [1.54, 1.807) is 0 Å². The van der Waals surface area contributed by atoms with Crippen LogP contribution in [0.2, 0.25) is 0 Å². The van der Waals surface area contributed by atoms with Crippen molar-refractivity contribution in [1.82, 2.24) is 15.0 Å². The summed E-state index contributed by atoms with van der Waals surface area (Å²) in [5, 5.41) is 4.33. The fraction of sp³-hybridized carbons (Fsp3) is 0.0408. The SMILES string of the molecule is C1=CC2Oc3cc4ccccc4c(-c4ccc5c(c4)oc4cccc(-c6nc(-c7ccccc7)nc(-c7ccc(-c8ccccc8)cc7)n6)c45)c3C2C=C1. The zero-order valence-corrected chi connectivity index (χ0v) is 29.1. The van der Waals surface area contributed by atoms with Crippen molar-refractivity contribution in [1.29, 1.82) is 0 Å². The Kier molecular flexibility index (Phi) is 6.92. The maximum Gasteiger partial charge on any atom is 0.164 e. The minimum absolute atomic E-state index is 0.00844. The van der Waals surface area contributed by atoms with E-state index in [1.165, 1.54) is 16.5 Å². The fourth-order valence-corrected chi connectivity index (χ4v) is 8.14. The van der Waals surface area contributed by atoms with E-state index in [1.807, 2.05) is 48.5 Å². The van der Waals surface area contributed by atoms with Gasteiger partial charge in [-0.25, -0.2) is 15.0 Å². The monoisotopic (exact) mass is 693 g/mol. The van der Waals surface area contributed by atoms with Crippen molar-refractivity contribution >= 4 is 32.7 Å². The molecule has 1 aliphatic carbocycles. The van der Waals surface area contributed by atoms with Gasteiger partial charge in [0.05, 0.1) is 0 Å². The molecule has 0 radical (unpaired) electrons. The van der Waals surface area contributed by atoms with Crippen molar-refractivity contribution < 1.29 is 9.15 Å². The van der Waals surface area contributed by atoms with Crippen LogP contribution in [0, 0.1) is 0 Å². The first-order chi connectivity index (χ1) is 26.7. The molecule has 0 spiro atoms. The molecular formula is C49H31N3O2. The maximum absolute atomic E-state index is 6.67. The summed E-state index contributed by atoms with van der Waals surface area (Å²) >= 11 is 0. The molecule has 3 heterocycles. The highest BCUT2D eigenvalue weighted by Gasteiger charge is 2.35. The van der Waals surface area contributed by atoms with Gasteiger partial charge >= 0.3 is 0 Å². The Morgan fingerprint density at radius 1 is 0.463 bits per heavy atom. The zero-order valence-electron chi connectivity index (χ0n) is 29.1. The molecule has 0 saturated heterocycles. The van der Waals surface area contributed by atoms with Crippen molar-refractivity contribution in [2.24, 2.45) is 0 Å². The van der Waals surface area contributed by atoms with Crippen LogP contribution in [0.3, 0.4) is 0 Å². The largest absolute Gasteiger partial charge is 0.485 e. The minimum atomic E-state index is -0.00844. The first-order valence-electron chi connectivity index (χ1n) is 18.3. The van der Waals surface area contributed by atoms with Gasteiger partial charge in [-0.05, 0) is 63.4 Å². The molecule has 2 atom stereocenters. The Bertz CT molecular complexity index is 2960. The standard InChI is InChI=1S/C49H31N3O2/c1-3-12-30(13-4-1)31-22-24-33(25-23-31)48-50-47(32-14-5-2-6-15-32)51-49(52-48)39-19-11-21-41-45(39)38-27-26-35(29-42(38)54-41)44-36-17-8-7-16-34(36)28-43-46(44)37-18-9-10-20-40(37)53-43/h1-29,37,40H. The van der Waals surface area contributed by atoms with Crippen molar-refractivity contribution in [3.05, 3.63) is 182 Å². The van der Waals surface area contributed by atoms with Crippen LogP contribution >= 0.6 is 0 Å². The van der Waals surface area contributed by atoms with E-state index in [0.29, 0.717) is 17.5 Å². The van der Waals surface area contributed by atoms with Gasteiger partial charge in [0.1, 0.15) is 23.0 Å². The number of allylic oxidation sites excluding steroid dienone is 2. The molecule has 0 N–H and O–H groups in total. The first kappa shape index (κ1) is 30.5. The van der Waals surface area contributed by atoms with Gasteiger partial charge in [0.25, 0.3) is 0 Å². The first-order valence-corrected chi connectivity index (χ1v) is 18.3. The molecule has 0 saturated carbocycles. The lowest BCUT2D eigenvalue weighted by molar-refractivity contribution is 0.269. The number of furan rings is 1. The Balaban J connectivity index is 1.07. The van der Waals surface area contributed by atoms with Crippen LogP contribution in [0.1, 0.15) is 11.5 Å². The number of fused-ring (bicyclic) bond motifs is 7. The molecule has 5 nitrogen and oxygen atoms in total. The van der Waals surface area contributed by atoms with Crippen LogP contribution in [0.15, 0.2) is 180 Å². The van der Waals surface area contributed by atoms with Crippen LogP contribution < -0.4 is 4.74 Å². The third-order valence-electron chi connectivity index (χ3n) is 10.7. The van der Waals surface area contributed by atoms with E-state index in [2.05, 4.69) is 127 Å². The third-order valence-corrected chi connectivity index (χ3v) is 10.7. The Morgan fingerprint density at radius 3 is 1.93 bits per heavy atom. The summed E-state index contributed by atoms with van der Waals surface area (Å²) in [5.41, 5.74) is 10.1.